The van der Waals surface area contributed by atoms with E-state index in [-0.39, 0.29) is 24.6 Å². The van der Waals surface area contributed by atoms with Crippen LogP contribution >= 0.6 is 14.1 Å². The van der Waals surface area contributed by atoms with E-state index in [1.165, 1.54) is 19.1 Å². The van der Waals surface area contributed by atoms with Gasteiger partial charge in [-0.3, -0.25) is 0 Å². The number of nitro benzene ring substituents is 1. The zero-order chi connectivity index (χ0) is 10.7. The van der Waals surface area contributed by atoms with Gasteiger partial charge in [-0.05, 0) is 0 Å². The fourth-order valence-electron chi connectivity index (χ4n) is 0.974. The van der Waals surface area contributed by atoms with E-state index in [0.717, 1.165) is 4.46 Å². The molecule has 0 fully saturated rings. The van der Waals surface area contributed by atoms with Gasteiger partial charge < -0.3 is 0 Å². The van der Waals surface area contributed by atoms with Gasteiger partial charge in [-0.1, -0.05) is 0 Å². The average molecular weight is 323 g/mol. The molecule has 14 heavy (non-hydrogen) atoms. The standard InChI is InChI=1S/C8H6BrNO3Se/c1-5(11)7-4-6(10(12)13)2-3-8(7)14-9/h2-4H,1H3. The van der Waals surface area contributed by atoms with Crippen LogP contribution in [0.4, 0.5) is 5.69 Å². The van der Waals surface area contributed by atoms with Crippen LogP contribution in [-0.4, -0.2) is 23.9 Å². The number of nitrogens with zero attached hydrogens (tertiary/aromatic N) is 1. The fraction of sp³-hybridized carbons (Fsp3) is 0.125. The second-order valence-electron chi connectivity index (χ2n) is 2.57. The zero-order valence-electron chi connectivity index (χ0n) is 7.19. The maximum absolute atomic E-state index is 11.2. The normalized spacial score (nSPS) is 9.86. The Morgan fingerprint density at radius 2 is 2.21 bits per heavy atom. The Morgan fingerprint density at radius 1 is 1.57 bits per heavy atom. The van der Waals surface area contributed by atoms with Crippen molar-refractivity contribution < 1.29 is 9.72 Å². The Balaban J connectivity index is 3.27. The number of ketones is 1. The predicted octanol–water partition coefficient (Wildman–Crippen LogP) is 1.44. The SMILES string of the molecule is CC(=O)c1cc([N+](=O)[O-])ccc1[Se]Br. The molecule has 0 aromatic heterocycles. The second kappa shape index (κ2) is 4.68. The van der Waals surface area contributed by atoms with E-state index in [2.05, 4.69) is 14.1 Å². The molecule has 74 valence electrons. The minimum absolute atomic E-state index is 0.0108. The Kier molecular flexibility index (Phi) is 3.80. The molecule has 0 spiro atoms. The molecule has 0 N–H and O–H groups in total. The van der Waals surface area contributed by atoms with Crippen molar-refractivity contribution in [1.29, 1.82) is 0 Å². The van der Waals surface area contributed by atoms with Crippen LogP contribution in [0.25, 0.3) is 0 Å². The molecule has 0 saturated heterocycles. The number of Topliss-reactive ketones (excluding diaryl/α,β-unsaturated/α-hetero) is 1. The van der Waals surface area contributed by atoms with Crippen molar-refractivity contribution in [2.75, 3.05) is 0 Å². The van der Waals surface area contributed by atoms with Gasteiger partial charge in [0.15, 0.2) is 0 Å². The van der Waals surface area contributed by atoms with Crippen molar-refractivity contribution in [2.45, 2.75) is 6.92 Å². The number of hydrogen-bond acceptors (Lipinski definition) is 3. The monoisotopic (exact) mass is 323 g/mol. The van der Waals surface area contributed by atoms with Crippen molar-refractivity contribution in [1.82, 2.24) is 0 Å². The molecule has 0 unspecified atom stereocenters. The van der Waals surface area contributed by atoms with E-state index in [1.807, 2.05) is 0 Å². The van der Waals surface area contributed by atoms with Crippen LogP contribution in [0.2, 0.25) is 0 Å². The molecule has 1 rings (SSSR count). The molecule has 0 bridgehead atoms. The van der Waals surface area contributed by atoms with Crippen LogP contribution in [-0.2, 0) is 0 Å². The van der Waals surface area contributed by atoms with Crippen LogP contribution in [0.5, 0.6) is 0 Å². The number of hydrogen-bond donors (Lipinski definition) is 0. The molecule has 0 aliphatic heterocycles. The Labute approximate surface area is 93.7 Å². The number of carbonyl (C=O) groups excluding carboxylic acids is 1. The molecule has 4 nitrogen and oxygen atoms in total. The molecule has 0 aliphatic carbocycles. The number of benzene rings is 1. The van der Waals surface area contributed by atoms with Crippen LogP contribution in [0, 0.1) is 10.1 Å². The molecule has 0 radical (unpaired) electrons. The Morgan fingerprint density at radius 3 is 2.64 bits per heavy atom. The topological polar surface area (TPSA) is 60.2 Å². The third-order valence-electron chi connectivity index (χ3n) is 1.64. The first-order valence-corrected chi connectivity index (χ1v) is 8.51. The molecular formula is C8H6BrNO3Se. The summed E-state index contributed by atoms with van der Waals surface area (Å²) in [5.74, 6) is -0.148. The van der Waals surface area contributed by atoms with Crippen molar-refractivity contribution in [3.63, 3.8) is 0 Å². The van der Waals surface area contributed by atoms with Gasteiger partial charge >= 0.3 is 93.7 Å². The quantitative estimate of drug-likeness (QED) is 0.366. The van der Waals surface area contributed by atoms with Crippen LogP contribution in [0.15, 0.2) is 18.2 Å². The van der Waals surface area contributed by atoms with E-state index in [4.69, 9.17) is 0 Å². The molecule has 0 amide bonds. The third kappa shape index (κ3) is 2.41. The number of halogens is 1. The first-order valence-electron chi connectivity index (χ1n) is 3.64. The fourth-order valence-corrected chi connectivity index (χ4v) is 3.29. The maximum atomic E-state index is 11.2. The second-order valence-corrected chi connectivity index (χ2v) is 5.50. The summed E-state index contributed by atoms with van der Waals surface area (Å²) in [6.07, 6.45) is 0. The van der Waals surface area contributed by atoms with Crippen LogP contribution in [0.3, 0.4) is 0 Å². The molecule has 6 heteroatoms. The molecule has 1 aromatic carbocycles. The summed E-state index contributed by atoms with van der Waals surface area (Å²) in [7, 11) is 0. The first-order chi connectivity index (χ1) is 6.56. The van der Waals surface area contributed by atoms with Crippen molar-refractivity contribution >= 4 is 43.2 Å². The van der Waals surface area contributed by atoms with E-state index in [0.29, 0.717) is 5.56 Å². The summed E-state index contributed by atoms with van der Waals surface area (Å²) < 4.78 is 0.829. The average Bonchev–Trinajstić information content (AvgIpc) is 2.16. The molecule has 0 atom stereocenters. The zero-order valence-corrected chi connectivity index (χ0v) is 10.5. The number of rotatable bonds is 3. The van der Waals surface area contributed by atoms with Gasteiger partial charge in [-0.2, -0.15) is 0 Å². The van der Waals surface area contributed by atoms with Gasteiger partial charge in [0.05, 0.1) is 0 Å². The summed E-state index contributed by atoms with van der Waals surface area (Å²) in [6, 6.07) is 4.34. The minimum atomic E-state index is -0.503. The number of non-ortho nitro benzene ring substituents is 1. The number of nitro groups is 1. The summed E-state index contributed by atoms with van der Waals surface area (Å²) >= 11 is 3.27. The summed E-state index contributed by atoms with van der Waals surface area (Å²) in [6.45, 7) is 1.40. The molecule has 1 aromatic rings. The summed E-state index contributed by atoms with van der Waals surface area (Å²) in [5, 5.41) is 10.5. The molecular weight excluding hydrogens is 317 g/mol. The van der Waals surface area contributed by atoms with Crippen LogP contribution < -0.4 is 4.46 Å². The van der Waals surface area contributed by atoms with Crippen molar-refractivity contribution in [3.05, 3.63) is 33.9 Å². The first kappa shape index (κ1) is 11.4. The summed E-state index contributed by atoms with van der Waals surface area (Å²) in [4.78, 5) is 21.1. The Hall–Kier alpha value is -0.711. The molecule has 0 aliphatic rings. The third-order valence-corrected chi connectivity index (χ3v) is 4.54. The van der Waals surface area contributed by atoms with Gasteiger partial charge in [0.25, 0.3) is 0 Å². The van der Waals surface area contributed by atoms with E-state index in [9.17, 15) is 14.9 Å². The van der Waals surface area contributed by atoms with Crippen molar-refractivity contribution in [2.24, 2.45) is 0 Å². The van der Waals surface area contributed by atoms with Gasteiger partial charge in [0, 0.05) is 0 Å². The molecule has 0 heterocycles. The van der Waals surface area contributed by atoms with E-state index in [1.54, 1.807) is 6.07 Å². The van der Waals surface area contributed by atoms with Crippen molar-refractivity contribution in [3.8, 4) is 0 Å². The summed E-state index contributed by atoms with van der Waals surface area (Å²) in [5.41, 5.74) is 0.381. The predicted molar refractivity (Wildman–Crippen MR) is 57.4 cm³/mol. The number of carbonyl (C=O) groups is 1. The van der Waals surface area contributed by atoms with Gasteiger partial charge in [-0.25, -0.2) is 0 Å². The van der Waals surface area contributed by atoms with Crippen LogP contribution in [0.1, 0.15) is 17.3 Å². The molecule has 0 saturated carbocycles. The van der Waals surface area contributed by atoms with Gasteiger partial charge in [-0.15, -0.1) is 0 Å². The van der Waals surface area contributed by atoms with E-state index >= 15 is 0 Å². The Bertz CT molecular complexity index is 394. The van der Waals surface area contributed by atoms with E-state index < -0.39 is 4.92 Å². The van der Waals surface area contributed by atoms with Gasteiger partial charge in [0.1, 0.15) is 0 Å². The van der Waals surface area contributed by atoms with Gasteiger partial charge in [0.2, 0.25) is 0 Å².